The molecular weight excluding hydrogens is 351 g/mol. The van der Waals surface area contributed by atoms with E-state index in [1.807, 2.05) is 11.8 Å². The highest BCUT2D eigenvalue weighted by molar-refractivity contribution is 5.79. The van der Waals surface area contributed by atoms with Gasteiger partial charge in [0.2, 0.25) is 11.7 Å². The quantitative estimate of drug-likeness (QED) is 0.699. The topological polar surface area (TPSA) is 89.9 Å². The second kappa shape index (κ2) is 7.26. The predicted molar refractivity (Wildman–Crippen MR) is 93.0 cm³/mol. The van der Waals surface area contributed by atoms with E-state index in [-0.39, 0.29) is 17.8 Å². The van der Waals surface area contributed by atoms with Gasteiger partial charge >= 0.3 is 0 Å². The predicted octanol–water partition coefficient (Wildman–Crippen LogP) is 2.18. The van der Waals surface area contributed by atoms with Crippen molar-refractivity contribution in [3.63, 3.8) is 0 Å². The summed E-state index contributed by atoms with van der Waals surface area (Å²) in [6.07, 6.45) is 3.34. The molecule has 0 radical (unpaired) electrons. The highest BCUT2D eigenvalue weighted by atomic mass is 19.1. The molecule has 0 N–H and O–H groups in total. The number of benzene rings is 1. The van der Waals surface area contributed by atoms with Gasteiger partial charge in [-0.15, -0.1) is 10.2 Å². The van der Waals surface area contributed by atoms with Gasteiger partial charge in [-0.3, -0.25) is 4.79 Å². The van der Waals surface area contributed by atoms with Crippen LogP contribution >= 0.6 is 0 Å². The lowest BCUT2D eigenvalue weighted by atomic mass is 10.0. The lowest BCUT2D eigenvalue weighted by molar-refractivity contribution is -0.131. The molecule has 0 bridgehead atoms. The molecule has 0 atom stereocenters. The number of likely N-dealkylation sites (tertiary alicyclic amines) is 1. The minimum absolute atomic E-state index is 0.0679. The molecule has 0 unspecified atom stereocenters. The van der Waals surface area contributed by atoms with E-state index in [1.165, 1.54) is 18.4 Å². The fourth-order valence-corrected chi connectivity index (χ4v) is 3.20. The number of carbonyl (C=O) groups is 1. The van der Waals surface area contributed by atoms with Crippen LogP contribution in [0.15, 0.2) is 35.1 Å². The number of aryl methyl sites for hydroxylation is 1. The van der Waals surface area contributed by atoms with Gasteiger partial charge in [-0.05, 0) is 49.2 Å². The van der Waals surface area contributed by atoms with Gasteiger partial charge in [-0.25, -0.2) is 4.39 Å². The molecule has 3 heterocycles. The van der Waals surface area contributed by atoms with Crippen LogP contribution in [0.5, 0.6) is 0 Å². The first-order valence-corrected chi connectivity index (χ1v) is 8.83. The van der Waals surface area contributed by atoms with Gasteiger partial charge in [0.25, 0.3) is 0 Å². The molecule has 0 saturated carbocycles. The SMILES string of the molecule is Cc1nocc1CC(=O)N1CCC(n2nnc(-c3ccc(F)cc3)n2)CC1. The van der Waals surface area contributed by atoms with Crippen molar-refractivity contribution in [1.82, 2.24) is 30.3 Å². The van der Waals surface area contributed by atoms with Crippen molar-refractivity contribution >= 4 is 5.91 Å². The van der Waals surface area contributed by atoms with Crippen LogP contribution in [0, 0.1) is 12.7 Å². The number of aromatic nitrogens is 5. The minimum Gasteiger partial charge on any atom is -0.364 e. The molecular formula is C18H19FN6O2. The van der Waals surface area contributed by atoms with Gasteiger partial charge < -0.3 is 9.42 Å². The zero-order valence-corrected chi connectivity index (χ0v) is 14.9. The zero-order valence-electron chi connectivity index (χ0n) is 14.9. The molecule has 4 rings (SSSR count). The maximum absolute atomic E-state index is 13.0. The molecule has 8 nitrogen and oxygen atoms in total. The van der Waals surface area contributed by atoms with Crippen LogP contribution in [0.1, 0.15) is 30.1 Å². The van der Waals surface area contributed by atoms with Crippen molar-refractivity contribution in [2.24, 2.45) is 0 Å². The molecule has 2 aromatic heterocycles. The Morgan fingerprint density at radius 1 is 1.26 bits per heavy atom. The zero-order chi connectivity index (χ0) is 18.8. The van der Waals surface area contributed by atoms with Gasteiger partial charge in [0.15, 0.2) is 0 Å². The number of hydrogen-bond donors (Lipinski definition) is 0. The number of rotatable bonds is 4. The van der Waals surface area contributed by atoms with E-state index in [9.17, 15) is 9.18 Å². The normalized spacial score (nSPS) is 15.3. The van der Waals surface area contributed by atoms with E-state index in [2.05, 4.69) is 20.6 Å². The second-order valence-corrected chi connectivity index (χ2v) is 6.65. The molecule has 0 spiro atoms. The number of halogens is 1. The maximum Gasteiger partial charge on any atom is 0.227 e. The Morgan fingerprint density at radius 3 is 2.67 bits per heavy atom. The molecule has 27 heavy (non-hydrogen) atoms. The smallest absolute Gasteiger partial charge is 0.227 e. The van der Waals surface area contributed by atoms with Gasteiger partial charge in [-0.1, -0.05) is 5.16 Å². The van der Waals surface area contributed by atoms with E-state index in [0.29, 0.717) is 25.3 Å². The molecule has 1 aromatic carbocycles. The Hall–Kier alpha value is -3.10. The largest absolute Gasteiger partial charge is 0.364 e. The molecule has 1 fully saturated rings. The number of amides is 1. The fraction of sp³-hybridized carbons (Fsp3) is 0.389. The van der Waals surface area contributed by atoms with Crippen LogP contribution in [-0.2, 0) is 11.2 Å². The summed E-state index contributed by atoms with van der Waals surface area (Å²) in [6.45, 7) is 3.11. The molecule has 140 valence electrons. The average Bonchev–Trinajstić information content (AvgIpc) is 3.32. The Kier molecular flexibility index (Phi) is 4.66. The molecule has 1 saturated heterocycles. The van der Waals surface area contributed by atoms with E-state index in [0.717, 1.165) is 29.7 Å². The number of carbonyl (C=O) groups excluding carboxylic acids is 1. The van der Waals surface area contributed by atoms with Crippen LogP contribution in [-0.4, -0.2) is 49.3 Å². The molecule has 1 aliphatic rings. The third-order valence-electron chi connectivity index (χ3n) is 4.87. The van der Waals surface area contributed by atoms with Gasteiger partial charge in [0.1, 0.15) is 12.1 Å². The van der Waals surface area contributed by atoms with Crippen molar-refractivity contribution in [2.45, 2.75) is 32.2 Å². The summed E-state index contributed by atoms with van der Waals surface area (Å²) in [4.78, 5) is 15.9. The highest BCUT2D eigenvalue weighted by Crippen LogP contribution is 2.23. The summed E-state index contributed by atoms with van der Waals surface area (Å²) in [6, 6.07) is 6.09. The van der Waals surface area contributed by atoms with Crippen LogP contribution in [0.2, 0.25) is 0 Å². The van der Waals surface area contributed by atoms with E-state index >= 15 is 0 Å². The Labute approximate surface area is 154 Å². The Bertz CT molecular complexity index is 927. The van der Waals surface area contributed by atoms with E-state index in [4.69, 9.17) is 4.52 Å². The fourth-order valence-electron chi connectivity index (χ4n) is 3.20. The van der Waals surface area contributed by atoms with E-state index < -0.39 is 0 Å². The molecule has 3 aromatic rings. The van der Waals surface area contributed by atoms with Crippen molar-refractivity contribution < 1.29 is 13.7 Å². The molecule has 9 heteroatoms. The monoisotopic (exact) mass is 370 g/mol. The minimum atomic E-state index is -0.301. The number of nitrogens with zero attached hydrogens (tertiary/aromatic N) is 6. The van der Waals surface area contributed by atoms with Crippen molar-refractivity contribution in [3.8, 4) is 11.4 Å². The van der Waals surface area contributed by atoms with Crippen LogP contribution in [0.4, 0.5) is 4.39 Å². The summed E-state index contributed by atoms with van der Waals surface area (Å²) in [5.74, 6) is 0.235. The van der Waals surface area contributed by atoms with E-state index in [1.54, 1.807) is 16.9 Å². The second-order valence-electron chi connectivity index (χ2n) is 6.65. The Morgan fingerprint density at radius 2 is 2.00 bits per heavy atom. The first-order valence-electron chi connectivity index (χ1n) is 8.83. The summed E-state index contributed by atoms with van der Waals surface area (Å²) in [7, 11) is 0. The summed E-state index contributed by atoms with van der Waals surface area (Å²) in [5.41, 5.74) is 2.29. The third-order valence-corrected chi connectivity index (χ3v) is 4.87. The average molecular weight is 370 g/mol. The molecule has 0 aliphatic carbocycles. The van der Waals surface area contributed by atoms with Crippen molar-refractivity contribution in [2.75, 3.05) is 13.1 Å². The van der Waals surface area contributed by atoms with Crippen LogP contribution in [0.25, 0.3) is 11.4 Å². The van der Waals surface area contributed by atoms with Crippen LogP contribution < -0.4 is 0 Å². The van der Waals surface area contributed by atoms with Gasteiger partial charge in [0, 0.05) is 24.2 Å². The van der Waals surface area contributed by atoms with Gasteiger partial charge in [-0.2, -0.15) is 4.80 Å². The van der Waals surface area contributed by atoms with Crippen molar-refractivity contribution in [1.29, 1.82) is 0 Å². The standard InChI is InChI=1S/C18H19FN6O2/c1-12-14(11-27-22-12)10-17(26)24-8-6-16(7-9-24)25-21-18(20-23-25)13-2-4-15(19)5-3-13/h2-5,11,16H,6-10H2,1H3. The first-order chi connectivity index (χ1) is 13.1. The van der Waals surface area contributed by atoms with Crippen LogP contribution in [0.3, 0.4) is 0 Å². The first kappa shape index (κ1) is 17.3. The number of piperidine rings is 1. The molecule has 1 amide bonds. The Balaban J connectivity index is 1.36. The molecule has 1 aliphatic heterocycles. The third kappa shape index (κ3) is 3.71. The summed E-state index contributed by atoms with van der Waals surface area (Å²) in [5, 5.41) is 16.4. The van der Waals surface area contributed by atoms with Crippen molar-refractivity contribution in [3.05, 3.63) is 47.6 Å². The lowest BCUT2D eigenvalue weighted by Gasteiger charge is -2.31. The lowest BCUT2D eigenvalue weighted by Crippen LogP contribution is -2.40. The summed E-state index contributed by atoms with van der Waals surface area (Å²) < 4.78 is 17.9. The number of tetrazole rings is 1. The van der Waals surface area contributed by atoms with Gasteiger partial charge in [0.05, 0.1) is 18.2 Å². The maximum atomic E-state index is 13.0. The highest BCUT2D eigenvalue weighted by Gasteiger charge is 2.26. The number of hydrogen-bond acceptors (Lipinski definition) is 6. The summed E-state index contributed by atoms with van der Waals surface area (Å²) >= 11 is 0.